The smallest absolute Gasteiger partial charge is 0.0443 e. The Labute approximate surface area is 81.6 Å². The molecule has 1 aliphatic rings. The highest BCUT2D eigenvalue weighted by molar-refractivity contribution is 5.12. The maximum absolute atomic E-state index is 6.02. The zero-order valence-electron chi connectivity index (χ0n) is 9.01. The normalized spacial score (nSPS) is 28.8. The minimum atomic E-state index is 0.238. The molecule has 3 N–H and O–H groups in total. The van der Waals surface area contributed by atoms with Crippen molar-refractivity contribution in [3.63, 3.8) is 0 Å². The molecule has 1 aliphatic carbocycles. The SMILES string of the molecule is CC(C)CNC1=CCC(C)CC1N. The standard InChI is InChI=1S/C11H22N2/c1-8(2)7-13-11-5-4-9(3)6-10(11)12/h5,8-10,13H,4,6-7,12H2,1-3H3. The molecule has 0 heterocycles. The molecule has 0 saturated carbocycles. The fraction of sp³-hybridized carbons (Fsp3) is 0.818. The molecule has 0 saturated heterocycles. The third-order valence-electron chi connectivity index (χ3n) is 2.51. The van der Waals surface area contributed by atoms with E-state index in [1.807, 2.05) is 0 Å². The molecule has 0 aromatic carbocycles. The first-order chi connectivity index (χ1) is 6.09. The van der Waals surface area contributed by atoms with Crippen LogP contribution in [0.2, 0.25) is 0 Å². The monoisotopic (exact) mass is 182 g/mol. The summed E-state index contributed by atoms with van der Waals surface area (Å²) in [5, 5.41) is 3.43. The summed E-state index contributed by atoms with van der Waals surface area (Å²) >= 11 is 0. The third kappa shape index (κ3) is 3.39. The fourth-order valence-electron chi connectivity index (χ4n) is 1.66. The lowest BCUT2D eigenvalue weighted by Crippen LogP contribution is -2.36. The van der Waals surface area contributed by atoms with Gasteiger partial charge >= 0.3 is 0 Å². The average molecular weight is 182 g/mol. The maximum atomic E-state index is 6.02. The number of nitrogens with two attached hydrogens (primary N) is 1. The minimum Gasteiger partial charge on any atom is -0.387 e. The van der Waals surface area contributed by atoms with E-state index in [0.29, 0.717) is 5.92 Å². The molecule has 2 atom stereocenters. The minimum absolute atomic E-state index is 0.238. The number of hydrogen-bond donors (Lipinski definition) is 2. The number of allylic oxidation sites excluding steroid dienone is 1. The summed E-state index contributed by atoms with van der Waals surface area (Å²) in [7, 11) is 0. The van der Waals surface area contributed by atoms with Gasteiger partial charge in [0.15, 0.2) is 0 Å². The molecule has 0 aliphatic heterocycles. The lowest BCUT2D eigenvalue weighted by atomic mass is 9.90. The molecule has 76 valence electrons. The van der Waals surface area contributed by atoms with Crippen LogP contribution in [0.5, 0.6) is 0 Å². The first-order valence-electron chi connectivity index (χ1n) is 5.29. The van der Waals surface area contributed by atoms with Crippen LogP contribution < -0.4 is 11.1 Å². The average Bonchev–Trinajstić information content (AvgIpc) is 2.02. The van der Waals surface area contributed by atoms with Crippen molar-refractivity contribution in [2.45, 2.75) is 39.7 Å². The molecule has 1 rings (SSSR count). The molecule has 0 amide bonds. The second kappa shape index (κ2) is 4.66. The van der Waals surface area contributed by atoms with Gasteiger partial charge in [0.05, 0.1) is 0 Å². The second-order valence-electron chi connectivity index (χ2n) is 4.62. The van der Waals surface area contributed by atoms with Gasteiger partial charge in [-0.25, -0.2) is 0 Å². The van der Waals surface area contributed by atoms with Gasteiger partial charge in [0, 0.05) is 18.3 Å². The lowest BCUT2D eigenvalue weighted by Gasteiger charge is -2.26. The van der Waals surface area contributed by atoms with E-state index in [-0.39, 0.29) is 6.04 Å². The van der Waals surface area contributed by atoms with Crippen LogP contribution in [0.4, 0.5) is 0 Å². The summed E-state index contributed by atoms with van der Waals surface area (Å²) in [6, 6.07) is 0.238. The van der Waals surface area contributed by atoms with Gasteiger partial charge in [-0.2, -0.15) is 0 Å². The molecule has 0 bridgehead atoms. The van der Waals surface area contributed by atoms with E-state index in [4.69, 9.17) is 5.73 Å². The van der Waals surface area contributed by atoms with Crippen molar-refractivity contribution >= 4 is 0 Å². The summed E-state index contributed by atoms with van der Waals surface area (Å²) in [6.07, 6.45) is 4.56. The Balaban J connectivity index is 2.40. The summed E-state index contributed by atoms with van der Waals surface area (Å²) in [5.74, 6) is 1.44. The summed E-state index contributed by atoms with van der Waals surface area (Å²) in [5.41, 5.74) is 7.28. The molecular weight excluding hydrogens is 160 g/mol. The molecule has 2 nitrogen and oxygen atoms in total. The third-order valence-corrected chi connectivity index (χ3v) is 2.51. The Bertz CT molecular complexity index is 185. The molecular formula is C11H22N2. The maximum Gasteiger partial charge on any atom is 0.0443 e. The quantitative estimate of drug-likeness (QED) is 0.699. The highest BCUT2D eigenvalue weighted by Gasteiger charge is 2.17. The van der Waals surface area contributed by atoms with Gasteiger partial charge in [-0.05, 0) is 24.7 Å². The van der Waals surface area contributed by atoms with Crippen LogP contribution in [-0.4, -0.2) is 12.6 Å². The van der Waals surface area contributed by atoms with Crippen molar-refractivity contribution in [3.05, 3.63) is 11.8 Å². The summed E-state index contributed by atoms with van der Waals surface area (Å²) in [4.78, 5) is 0. The molecule has 0 aromatic rings. The number of rotatable bonds is 3. The van der Waals surface area contributed by atoms with E-state index in [9.17, 15) is 0 Å². The molecule has 13 heavy (non-hydrogen) atoms. The summed E-state index contributed by atoms with van der Waals surface area (Å²) < 4.78 is 0. The highest BCUT2D eigenvalue weighted by Crippen LogP contribution is 2.20. The van der Waals surface area contributed by atoms with E-state index in [1.165, 1.54) is 12.1 Å². The molecule has 0 radical (unpaired) electrons. The zero-order valence-corrected chi connectivity index (χ0v) is 9.01. The van der Waals surface area contributed by atoms with E-state index < -0.39 is 0 Å². The van der Waals surface area contributed by atoms with Gasteiger partial charge in [0.1, 0.15) is 0 Å². The van der Waals surface area contributed by atoms with Crippen molar-refractivity contribution in [2.75, 3.05) is 6.54 Å². The number of hydrogen-bond acceptors (Lipinski definition) is 2. The van der Waals surface area contributed by atoms with Gasteiger partial charge in [-0.3, -0.25) is 0 Å². The Morgan fingerprint density at radius 3 is 2.85 bits per heavy atom. The van der Waals surface area contributed by atoms with Gasteiger partial charge in [0.2, 0.25) is 0 Å². The van der Waals surface area contributed by atoms with Gasteiger partial charge in [0.25, 0.3) is 0 Å². The predicted octanol–water partition coefficient (Wildman–Crippen LogP) is 1.87. The van der Waals surface area contributed by atoms with Gasteiger partial charge in [-0.15, -0.1) is 0 Å². The number of nitrogens with one attached hydrogen (secondary N) is 1. The molecule has 0 spiro atoms. The van der Waals surface area contributed by atoms with Crippen molar-refractivity contribution in [2.24, 2.45) is 17.6 Å². The Kier molecular flexibility index (Phi) is 3.79. The molecule has 0 aromatic heterocycles. The fourth-order valence-corrected chi connectivity index (χ4v) is 1.66. The first-order valence-corrected chi connectivity index (χ1v) is 5.29. The van der Waals surface area contributed by atoms with Crippen LogP contribution in [0.25, 0.3) is 0 Å². The van der Waals surface area contributed by atoms with Crippen molar-refractivity contribution in [1.29, 1.82) is 0 Å². The van der Waals surface area contributed by atoms with E-state index >= 15 is 0 Å². The van der Waals surface area contributed by atoms with Gasteiger partial charge in [-0.1, -0.05) is 26.8 Å². The lowest BCUT2D eigenvalue weighted by molar-refractivity contribution is 0.444. The van der Waals surface area contributed by atoms with E-state index in [1.54, 1.807) is 0 Å². The summed E-state index contributed by atoms with van der Waals surface area (Å²) in [6.45, 7) is 7.72. The largest absolute Gasteiger partial charge is 0.387 e. The van der Waals surface area contributed by atoms with E-state index in [2.05, 4.69) is 32.2 Å². The van der Waals surface area contributed by atoms with E-state index in [0.717, 1.165) is 18.9 Å². The first kappa shape index (κ1) is 10.6. The Hall–Kier alpha value is -0.500. The van der Waals surface area contributed by atoms with Crippen LogP contribution in [0.1, 0.15) is 33.6 Å². The van der Waals surface area contributed by atoms with Crippen LogP contribution >= 0.6 is 0 Å². The van der Waals surface area contributed by atoms with Crippen molar-refractivity contribution in [1.82, 2.24) is 5.32 Å². The zero-order chi connectivity index (χ0) is 9.84. The second-order valence-corrected chi connectivity index (χ2v) is 4.62. The van der Waals surface area contributed by atoms with Crippen molar-refractivity contribution in [3.8, 4) is 0 Å². The van der Waals surface area contributed by atoms with Crippen LogP contribution in [-0.2, 0) is 0 Å². The van der Waals surface area contributed by atoms with Gasteiger partial charge < -0.3 is 11.1 Å². The van der Waals surface area contributed by atoms with Crippen LogP contribution in [0.3, 0.4) is 0 Å². The topological polar surface area (TPSA) is 38.0 Å². The molecule has 2 unspecified atom stereocenters. The predicted molar refractivity (Wildman–Crippen MR) is 57.3 cm³/mol. The highest BCUT2D eigenvalue weighted by atomic mass is 14.9. The van der Waals surface area contributed by atoms with Crippen LogP contribution in [0, 0.1) is 11.8 Å². The molecule has 2 heteroatoms. The van der Waals surface area contributed by atoms with Crippen LogP contribution in [0.15, 0.2) is 11.8 Å². The Morgan fingerprint density at radius 1 is 1.62 bits per heavy atom. The van der Waals surface area contributed by atoms with Crippen molar-refractivity contribution < 1.29 is 0 Å². The Morgan fingerprint density at radius 2 is 2.31 bits per heavy atom. The molecule has 0 fully saturated rings.